The van der Waals surface area contributed by atoms with E-state index in [-0.39, 0.29) is 0 Å². The number of allylic oxidation sites excluding steroid dienone is 1. The maximum atomic E-state index is 12.3. The van der Waals surface area contributed by atoms with E-state index < -0.39 is 0 Å². The summed E-state index contributed by atoms with van der Waals surface area (Å²) >= 11 is 0. The van der Waals surface area contributed by atoms with E-state index in [9.17, 15) is 4.79 Å². The molecule has 0 aromatic heterocycles. The lowest BCUT2D eigenvalue weighted by molar-refractivity contribution is -0.135. The third-order valence-corrected chi connectivity index (χ3v) is 4.90. The van der Waals surface area contributed by atoms with E-state index >= 15 is 0 Å². The quantitative estimate of drug-likeness (QED) is 0.738. The van der Waals surface area contributed by atoms with Crippen molar-refractivity contribution in [3.8, 4) is 0 Å². The van der Waals surface area contributed by atoms with Crippen LogP contribution in [0.5, 0.6) is 0 Å². The molecule has 0 aromatic rings. The lowest BCUT2D eigenvalue weighted by Crippen LogP contribution is -2.53. The van der Waals surface area contributed by atoms with Crippen LogP contribution in [0.2, 0.25) is 0 Å². The minimum absolute atomic E-state index is 0.322. The number of piperidine rings is 2. The molecule has 1 spiro atoms. The van der Waals surface area contributed by atoms with Gasteiger partial charge in [0.2, 0.25) is 5.91 Å². The third-order valence-electron chi connectivity index (χ3n) is 4.90. The zero-order chi connectivity index (χ0) is 14.4. The highest BCUT2D eigenvalue weighted by atomic mass is 16.2. The molecule has 1 unspecified atom stereocenters. The molecule has 20 heavy (non-hydrogen) atoms. The summed E-state index contributed by atoms with van der Waals surface area (Å²) in [5.41, 5.74) is 0.386. The van der Waals surface area contributed by atoms with Crippen molar-refractivity contribution in [2.45, 2.75) is 52.4 Å². The molecule has 0 bridgehead atoms. The molecule has 2 rings (SSSR count). The first-order valence-corrected chi connectivity index (χ1v) is 8.34. The van der Waals surface area contributed by atoms with Crippen LogP contribution < -0.4 is 0 Å². The number of amides is 1. The normalized spacial score (nSPS) is 28.4. The van der Waals surface area contributed by atoms with E-state index in [0.717, 1.165) is 26.1 Å². The minimum atomic E-state index is 0.322. The highest BCUT2D eigenvalue weighted by molar-refractivity contribution is 5.77. The van der Waals surface area contributed by atoms with Gasteiger partial charge in [0.15, 0.2) is 0 Å². The molecule has 114 valence electrons. The van der Waals surface area contributed by atoms with E-state index in [1.807, 2.05) is 6.08 Å². The molecule has 2 aliphatic heterocycles. The van der Waals surface area contributed by atoms with Gasteiger partial charge in [0, 0.05) is 31.5 Å². The Morgan fingerprint density at radius 2 is 1.85 bits per heavy atom. The Labute approximate surface area is 124 Å². The average molecular weight is 278 g/mol. The van der Waals surface area contributed by atoms with Crippen molar-refractivity contribution < 1.29 is 4.79 Å². The second-order valence-electron chi connectivity index (χ2n) is 6.47. The van der Waals surface area contributed by atoms with Gasteiger partial charge >= 0.3 is 0 Å². The van der Waals surface area contributed by atoms with Crippen molar-refractivity contribution in [2.24, 2.45) is 5.41 Å². The highest BCUT2D eigenvalue weighted by Crippen LogP contribution is 2.38. The molecule has 2 heterocycles. The van der Waals surface area contributed by atoms with E-state index in [1.165, 1.54) is 38.8 Å². The van der Waals surface area contributed by atoms with Crippen LogP contribution >= 0.6 is 0 Å². The molecular weight excluding hydrogens is 248 g/mol. The summed E-state index contributed by atoms with van der Waals surface area (Å²) in [5.74, 6) is 0.322. The predicted octanol–water partition coefficient (Wildman–Crippen LogP) is 3.07. The Morgan fingerprint density at radius 3 is 2.55 bits per heavy atom. The molecule has 3 heteroatoms. The van der Waals surface area contributed by atoms with Gasteiger partial charge in [0.05, 0.1) is 0 Å². The maximum absolute atomic E-state index is 12.3. The van der Waals surface area contributed by atoms with Crippen molar-refractivity contribution in [1.82, 2.24) is 9.80 Å². The smallest absolute Gasteiger partial charge is 0.226 e. The van der Waals surface area contributed by atoms with Crippen LogP contribution in [-0.4, -0.2) is 48.4 Å². The molecule has 0 radical (unpaired) electrons. The zero-order valence-electron chi connectivity index (χ0n) is 13.2. The summed E-state index contributed by atoms with van der Waals surface area (Å²) < 4.78 is 0. The average Bonchev–Trinajstić information content (AvgIpc) is 2.47. The summed E-state index contributed by atoms with van der Waals surface area (Å²) in [6.07, 6.45) is 10.8. The van der Waals surface area contributed by atoms with Gasteiger partial charge in [-0.2, -0.15) is 0 Å². The van der Waals surface area contributed by atoms with Gasteiger partial charge in [-0.3, -0.25) is 4.79 Å². The Bertz CT molecular complexity index is 349. The zero-order valence-corrected chi connectivity index (χ0v) is 13.2. The van der Waals surface area contributed by atoms with Gasteiger partial charge in [-0.25, -0.2) is 0 Å². The summed E-state index contributed by atoms with van der Waals surface area (Å²) in [4.78, 5) is 17.0. The number of hydrogen-bond acceptors (Lipinski definition) is 2. The molecule has 2 fully saturated rings. The number of likely N-dealkylation sites (tertiary alicyclic amines) is 2. The van der Waals surface area contributed by atoms with E-state index in [1.54, 1.807) is 0 Å². The minimum Gasteiger partial charge on any atom is -0.342 e. The largest absolute Gasteiger partial charge is 0.342 e. The number of carbonyl (C=O) groups excluding carboxylic acids is 1. The topological polar surface area (TPSA) is 23.6 Å². The van der Waals surface area contributed by atoms with Gasteiger partial charge in [0.25, 0.3) is 0 Å². The predicted molar refractivity (Wildman–Crippen MR) is 83.6 cm³/mol. The van der Waals surface area contributed by atoms with Gasteiger partial charge in [-0.05, 0) is 45.2 Å². The standard InChI is InChI=1S/C17H30N2O/c1-3-5-6-9-16(20)19-13-8-11-17(15-19)10-7-12-18(4-2)14-17/h5-6H,3-4,7-15H2,1-2H3. The second-order valence-corrected chi connectivity index (χ2v) is 6.47. The summed E-state index contributed by atoms with van der Waals surface area (Å²) in [6, 6.07) is 0. The molecule has 0 N–H and O–H groups in total. The SMILES string of the molecule is CCC=CCC(=O)N1CCCC2(CCCN(CC)C2)C1. The fraction of sp³-hybridized carbons (Fsp3) is 0.824. The molecule has 3 nitrogen and oxygen atoms in total. The van der Waals surface area contributed by atoms with E-state index in [2.05, 4.69) is 29.7 Å². The van der Waals surface area contributed by atoms with E-state index in [4.69, 9.17) is 0 Å². The van der Waals surface area contributed by atoms with Crippen molar-refractivity contribution in [1.29, 1.82) is 0 Å². The van der Waals surface area contributed by atoms with Gasteiger partial charge < -0.3 is 9.80 Å². The second kappa shape index (κ2) is 7.26. The molecule has 1 amide bonds. The first-order valence-electron chi connectivity index (χ1n) is 8.34. The van der Waals surface area contributed by atoms with Crippen LogP contribution in [0.25, 0.3) is 0 Å². The third kappa shape index (κ3) is 3.85. The first kappa shape index (κ1) is 15.6. The van der Waals surface area contributed by atoms with Crippen molar-refractivity contribution in [3.63, 3.8) is 0 Å². The first-order chi connectivity index (χ1) is 9.69. The van der Waals surface area contributed by atoms with Crippen molar-refractivity contribution >= 4 is 5.91 Å². The number of nitrogens with zero attached hydrogens (tertiary/aromatic N) is 2. The molecule has 1 atom stereocenters. The monoisotopic (exact) mass is 278 g/mol. The molecule has 0 aromatic carbocycles. The molecule has 0 saturated carbocycles. The van der Waals surface area contributed by atoms with Crippen molar-refractivity contribution in [3.05, 3.63) is 12.2 Å². The van der Waals surface area contributed by atoms with Crippen LogP contribution in [0.3, 0.4) is 0 Å². The maximum Gasteiger partial charge on any atom is 0.226 e. The van der Waals surface area contributed by atoms with Crippen molar-refractivity contribution in [2.75, 3.05) is 32.7 Å². The molecule has 2 saturated heterocycles. The number of hydrogen-bond donors (Lipinski definition) is 0. The summed E-state index contributed by atoms with van der Waals surface area (Å²) in [5, 5.41) is 0. The Kier molecular flexibility index (Phi) is 5.64. The fourth-order valence-corrected chi connectivity index (χ4v) is 3.81. The summed E-state index contributed by atoms with van der Waals surface area (Å²) in [6.45, 7) is 9.89. The molecular formula is C17H30N2O. The van der Waals surface area contributed by atoms with Crippen LogP contribution in [0, 0.1) is 5.41 Å². The van der Waals surface area contributed by atoms with Crippen LogP contribution in [0.1, 0.15) is 52.4 Å². The van der Waals surface area contributed by atoms with Gasteiger partial charge in [-0.15, -0.1) is 0 Å². The Hall–Kier alpha value is -0.830. The number of carbonyl (C=O) groups is 1. The summed E-state index contributed by atoms with van der Waals surface area (Å²) in [7, 11) is 0. The lowest BCUT2D eigenvalue weighted by atomic mass is 9.73. The fourth-order valence-electron chi connectivity index (χ4n) is 3.81. The van der Waals surface area contributed by atoms with Gasteiger partial charge in [0.1, 0.15) is 0 Å². The van der Waals surface area contributed by atoms with Crippen LogP contribution in [0.15, 0.2) is 12.2 Å². The number of rotatable bonds is 4. The Balaban J connectivity index is 1.93. The molecule has 0 aliphatic carbocycles. The van der Waals surface area contributed by atoms with Gasteiger partial charge in [-0.1, -0.05) is 26.0 Å². The molecule has 2 aliphatic rings. The lowest BCUT2D eigenvalue weighted by Gasteiger charge is -2.48. The Morgan fingerprint density at radius 1 is 1.10 bits per heavy atom. The van der Waals surface area contributed by atoms with E-state index in [0.29, 0.717) is 17.7 Å². The van der Waals surface area contributed by atoms with Crippen LogP contribution in [-0.2, 0) is 4.79 Å². The van der Waals surface area contributed by atoms with Crippen LogP contribution in [0.4, 0.5) is 0 Å². The highest BCUT2D eigenvalue weighted by Gasteiger charge is 2.39.